The van der Waals surface area contributed by atoms with Crippen LogP contribution in [0, 0.1) is 17.6 Å². The van der Waals surface area contributed by atoms with Gasteiger partial charge in [-0.05, 0) is 73.3 Å². The number of rotatable bonds is 3. The van der Waals surface area contributed by atoms with Gasteiger partial charge in [-0.2, -0.15) is 0 Å². The summed E-state index contributed by atoms with van der Waals surface area (Å²) in [4.78, 5) is 0. The summed E-state index contributed by atoms with van der Waals surface area (Å²) in [5, 5.41) is 0. The summed E-state index contributed by atoms with van der Waals surface area (Å²) in [7, 11) is 0. The van der Waals surface area contributed by atoms with E-state index in [2.05, 4.69) is 31.2 Å². The fourth-order valence-electron chi connectivity index (χ4n) is 3.54. The molecular formula is C21H22F2. The largest absolute Gasteiger partial charge is 0.204 e. The first kappa shape index (κ1) is 15.9. The minimum absolute atomic E-state index is 0.621. The van der Waals surface area contributed by atoms with Crippen molar-refractivity contribution in [3.05, 3.63) is 71.8 Å². The lowest BCUT2D eigenvalue weighted by Gasteiger charge is -2.27. The Morgan fingerprint density at radius 2 is 1.48 bits per heavy atom. The first-order chi connectivity index (χ1) is 11.2. The molecular weight excluding hydrogens is 290 g/mol. The van der Waals surface area contributed by atoms with E-state index in [1.54, 1.807) is 6.07 Å². The monoisotopic (exact) mass is 312 g/mol. The van der Waals surface area contributed by atoms with E-state index in [-0.39, 0.29) is 0 Å². The van der Waals surface area contributed by atoms with Crippen LogP contribution in [0.25, 0.3) is 11.1 Å². The van der Waals surface area contributed by atoms with Gasteiger partial charge in [-0.1, -0.05) is 42.5 Å². The normalized spacial score (nSPS) is 21.7. The Morgan fingerprint density at radius 1 is 0.826 bits per heavy atom. The molecule has 0 nitrogen and oxygen atoms in total. The van der Waals surface area contributed by atoms with Gasteiger partial charge in [0.2, 0.25) is 0 Å². The maximum Gasteiger partial charge on any atom is 0.159 e. The number of allylic oxidation sites excluding steroid dienone is 2. The summed E-state index contributed by atoms with van der Waals surface area (Å²) < 4.78 is 26.4. The summed E-state index contributed by atoms with van der Waals surface area (Å²) in [5.74, 6) is -0.245. The molecule has 0 radical (unpaired) electrons. The first-order valence-corrected chi connectivity index (χ1v) is 8.35. The van der Waals surface area contributed by atoms with Crippen LogP contribution in [0.4, 0.5) is 8.78 Å². The van der Waals surface area contributed by atoms with Crippen LogP contribution in [0.15, 0.2) is 54.6 Å². The smallest absolute Gasteiger partial charge is 0.159 e. The zero-order valence-electron chi connectivity index (χ0n) is 13.4. The SMILES string of the molecule is CC=CC1CCC(c2ccc(-c3ccc(F)c(F)c3)cc2)CC1. The van der Waals surface area contributed by atoms with Crippen molar-refractivity contribution in [2.24, 2.45) is 5.92 Å². The second-order valence-corrected chi connectivity index (χ2v) is 6.39. The molecule has 0 spiro atoms. The Balaban J connectivity index is 1.71. The number of hydrogen-bond acceptors (Lipinski definition) is 0. The molecule has 0 heterocycles. The molecule has 1 aliphatic rings. The third-order valence-corrected chi connectivity index (χ3v) is 4.87. The molecule has 0 bridgehead atoms. The Bertz CT molecular complexity index is 677. The molecule has 2 aromatic rings. The fraction of sp³-hybridized carbons (Fsp3) is 0.333. The van der Waals surface area contributed by atoms with Gasteiger partial charge in [0.1, 0.15) is 0 Å². The number of hydrogen-bond donors (Lipinski definition) is 0. The zero-order chi connectivity index (χ0) is 16.2. The lowest BCUT2D eigenvalue weighted by atomic mass is 9.78. The predicted molar refractivity (Wildman–Crippen MR) is 91.3 cm³/mol. The van der Waals surface area contributed by atoms with E-state index in [1.807, 2.05) is 12.1 Å². The van der Waals surface area contributed by atoms with Crippen LogP contribution in [-0.2, 0) is 0 Å². The van der Waals surface area contributed by atoms with Crippen LogP contribution in [-0.4, -0.2) is 0 Å². The number of benzene rings is 2. The van der Waals surface area contributed by atoms with Crippen molar-refractivity contribution in [1.29, 1.82) is 0 Å². The molecule has 0 N–H and O–H groups in total. The van der Waals surface area contributed by atoms with E-state index in [0.717, 1.165) is 11.5 Å². The van der Waals surface area contributed by atoms with E-state index in [9.17, 15) is 8.78 Å². The molecule has 0 amide bonds. The standard InChI is InChI=1S/C21H22F2/c1-2-3-15-4-6-16(7-5-15)17-8-10-18(11-9-17)19-12-13-20(22)21(23)14-19/h2-3,8-16H,4-7H2,1H3. The van der Waals surface area contributed by atoms with Crippen LogP contribution in [0.3, 0.4) is 0 Å². The second kappa shape index (κ2) is 7.08. The molecule has 0 saturated heterocycles. The van der Waals surface area contributed by atoms with Gasteiger partial charge in [-0.25, -0.2) is 8.78 Å². The summed E-state index contributed by atoms with van der Waals surface area (Å²) in [6, 6.07) is 12.4. The zero-order valence-corrected chi connectivity index (χ0v) is 13.4. The Hall–Kier alpha value is -1.96. The highest BCUT2D eigenvalue weighted by Crippen LogP contribution is 2.37. The van der Waals surface area contributed by atoms with Gasteiger partial charge >= 0.3 is 0 Å². The van der Waals surface area contributed by atoms with Crippen LogP contribution in [0.5, 0.6) is 0 Å². The van der Waals surface area contributed by atoms with Crippen LogP contribution in [0.1, 0.15) is 44.1 Å². The predicted octanol–water partition coefficient (Wildman–Crippen LogP) is 6.48. The third-order valence-electron chi connectivity index (χ3n) is 4.87. The van der Waals surface area contributed by atoms with Crippen molar-refractivity contribution in [1.82, 2.24) is 0 Å². The van der Waals surface area contributed by atoms with Gasteiger partial charge in [0.15, 0.2) is 11.6 Å². The average Bonchev–Trinajstić information content (AvgIpc) is 2.59. The molecule has 2 heteroatoms. The average molecular weight is 312 g/mol. The lowest BCUT2D eigenvalue weighted by Crippen LogP contribution is -2.11. The van der Waals surface area contributed by atoms with Crippen molar-refractivity contribution in [3.8, 4) is 11.1 Å². The molecule has 0 atom stereocenters. The summed E-state index contributed by atoms with van der Waals surface area (Å²) in [5.41, 5.74) is 3.00. The summed E-state index contributed by atoms with van der Waals surface area (Å²) >= 11 is 0. The molecule has 1 fully saturated rings. The quantitative estimate of drug-likeness (QED) is 0.569. The molecule has 120 valence electrons. The maximum atomic E-state index is 13.4. The highest BCUT2D eigenvalue weighted by atomic mass is 19.2. The van der Waals surface area contributed by atoms with E-state index >= 15 is 0 Å². The summed E-state index contributed by atoms with van der Waals surface area (Å²) in [6.45, 7) is 2.09. The van der Waals surface area contributed by atoms with Crippen molar-refractivity contribution >= 4 is 0 Å². The fourth-order valence-corrected chi connectivity index (χ4v) is 3.54. The molecule has 1 aliphatic carbocycles. The van der Waals surface area contributed by atoms with Crippen LogP contribution in [0.2, 0.25) is 0 Å². The molecule has 0 aromatic heterocycles. The maximum absolute atomic E-state index is 13.4. The van der Waals surface area contributed by atoms with Gasteiger partial charge in [0.25, 0.3) is 0 Å². The van der Waals surface area contributed by atoms with Crippen molar-refractivity contribution < 1.29 is 8.78 Å². The van der Waals surface area contributed by atoms with Crippen molar-refractivity contribution in [2.45, 2.75) is 38.5 Å². The minimum atomic E-state index is -0.803. The third kappa shape index (κ3) is 3.69. The Labute approximate surface area is 136 Å². The molecule has 0 aliphatic heterocycles. The molecule has 3 rings (SSSR count). The van der Waals surface area contributed by atoms with Gasteiger partial charge in [0.05, 0.1) is 0 Å². The minimum Gasteiger partial charge on any atom is -0.204 e. The first-order valence-electron chi connectivity index (χ1n) is 8.35. The molecule has 1 saturated carbocycles. The highest BCUT2D eigenvalue weighted by Gasteiger charge is 2.20. The highest BCUT2D eigenvalue weighted by molar-refractivity contribution is 5.63. The molecule has 23 heavy (non-hydrogen) atoms. The van der Waals surface area contributed by atoms with E-state index in [4.69, 9.17) is 0 Å². The van der Waals surface area contributed by atoms with Gasteiger partial charge in [-0.15, -0.1) is 0 Å². The Kier molecular flexibility index (Phi) is 4.90. The van der Waals surface area contributed by atoms with Crippen molar-refractivity contribution in [3.63, 3.8) is 0 Å². The topological polar surface area (TPSA) is 0 Å². The number of halogens is 2. The summed E-state index contributed by atoms with van der Waals surface area (Å²) in [6.07, 6.45) is 9.42. The van der Waals surface area contributed by atoms with Crippen molar-refractivity contribution in [2.75, 3.05) is 0 Å². The molecule has 2 aromatic carbocycles. The Morgan fingerprint density at radius 3 is 2.09 bits per heavy atom. The second-order valence-electron chi connectivity index (χ2n) is 6.39. The van der Waals surface area contributed by atoms with E-state index in [0.29, 0.717) is 11.5 Å². The van der Waals surface area contributed by atoms with Gasteiger partial charge in [-0.3, -0.25) is 0 Å². The van der Waals surface area contributed by atoms with Gasteiger partial charge in [0, 0.05) is 0 Å². The lowest BCUT2D eigenvalue weighted by molar-refractivity contribution is 0.376. The van der Waals surface area contributed by atoms with Gasteiger partial charge < -0.3 is 0 Å². The van der Waals surface area contributed by atoms with E-state index in [1.165, 1.54) is 43.4 Å². The van der Waals surface area contributed by atoms with E-state index < -0.39 is 11.6 Å². The molecule has 0 unspecified atom stereocenters. The van der Waals surface area contributed by atoms with Crippen LogP contribution >= 0.6 is 0 Å². The van der Waals surface area contributed by atoms with Crippen LogP contribution < -0.4 is 0 Å².